The lowest BCUT2D eigenvalue weighted by atomic mass is 10.1. The number of nitrogens with one attached hydrogen (secondary N) is 1. The first kappa shape index (κ1) is 15.7. The Morgan fingerprint density at radius 3 is 2.96 bits per heavy atom. The van der Waals surface area contributed by atoms with E-state index < -0.39 is 0 Å². The van der Waals surface area contributed by atoms with Crippen LogP contribution in [0.15, 0.2) is 16.9 Å². The van der Waals surface area contributed by atoms with E-state index in [9.17, 15) is 0 Å². The maximum absolute atomic E-state index is 5.35. The Morgan fingerprint density at radius 2 is 2.17 bits per heavy atom. The molecule has 1 aliphatic carbocycles. The zero-order valence-electron chi connectivity index (χ0n) is 14.1. The van der Waals surface area contributed by atoms with Gasteiger partial charge in [-0.2, -0.15) is 4.98 Å². The summed E-state index contributed by atoms with van der Waals surface area (Å²) in [6, 6.07) is 0.469. The smallest absolute Gasteiger partial charge is 0.229 e. The van der Waals surface area contributed by atoms with E-state index in [2.05, 4.69) is 30.3 Å². The molecule has 2 fully saturated rings. The SMILES string of the molecule is Cc1cnc(CNC2CCCN(Cc3noc(C4CC4)n3)C2)cn1. The third kappa shape index (κ3) is 3.96. The van der Waals surface area contributed by atoms with Gasteiger partial charge in [0.25, 0.3) is 0 Å². The average molecular weight is 328 g/mol. The summed E-state index contributed by atoms with van der Waals surface area (Å²) in [7, 11) is 0. The molecule has 7 nitrogen and oxygen atoms in total. The number of nitrogens with zero attached hydrogens (tertiary/aromatic N) is 5. The highest BCUT2D eigenvalue weighted by Gasteiger charge is 2.30. The van der Waals surface area contributed by atoms with Gasteiger partial charge in [-0.3, -0.25) is 14.9 Å². The summed E-state index contributed by atoms with van der Waals surface area (Å²) < 4.78 is 5.35. The third-order valence-corrected chi connectivity index (χ3v) is 4.69. The fourth-order valence-corrected chi connectivity index (χ4v) is 3.15. The summed E-state index contributed by atoms with van der Waals surface area (Å²) in [4.78, 5) is 15.6. The molecule has 0 bridgehead atoms. The van der Waals surface area contributed by atoms with E-state index in [0.29, 0.717) is 12.0 Å². The van der Waals surface area contributed by atoms with Gasteiger partial charge in [-0.25, -0.2) is 0 Å². The molecule has 2 aromatic rings. The number of likely N-dealkylation sites (tertiary alicyclic amines) is 1. The lowest BCUT2D eigenvalue weighted by Crippen LogP contribution is -2.45. The van der Waals surface area contributed by atoms with Gasteiger partial charge in [0, 0.05) is 37.4 Å². The van der Waals surface area contributed by atoms with Crippen LogP contribution in [-0.2, 0) is 13.1 Å². The highest BCUT2D eigenvalue weighted by Crippen LogP contribution is 2.38. The molecule has 2 aromatic heterocycles. The lowest BCUT2D eigenvalue weighted by Gasteiger charge is -2.32. The summed E-state index contributed by atoms with van der Waals surface area (Å²) in [6.07, 6.45) is 8.43. The number of aryl methyl sites for hydroxylation is 1. The largest absolute Gasteiger partial charge is 0.339 e. The standard InChI is InChI=1S/C17H24N6O/c1-12-7-19-15(8-18-12)9-20-14-3-2-6-23(10-14)11-16-21-17(24-22-16)13-4-5-13/h7-8,13-14,20H,2-6,9-11H2,1H3. The summed E-state index contributed by atoms with van der Waals surface area (Å²) in [6.45, 7) is 5.59. The van der Waals surface area contributed by atoms with Crippen molar-refractivity contribution in [3.05, 3.63) is 35.5 Å². The molecule has 128 valence electrons. The molecule has 0 radical (unpaired) electrons. The van der Waals surface area contributed by atoms with Crippen LogP contribution < -0.4 is 5.32 Å². The first-order valence-electron chi connectivity index (χ1n) is 8.82. The van der Waals surface area contributed by atoms with Gasteiger partial charge in [-0.05, 0) is 39.2 Å². The van der Waals surface area contributed by atoms with Crippen molar-refractivity contribution in [3.8, 4) is 0 Å². The van der Waals surface area contributed by atoms with Crippen molar-refractivity contribution in [2.24, 2.45) is 0 Å². The van der Waals surface area contributed by atoms with Crippen molar-refractivity contribution in [1.29, 1.82) is 0 Å². The molecule has 3 heterocycles. The van der Waals surface area contributed by atoms with Gasteiger partial charge in [-0.1, -0.05) is 5.16 Å². The molecule has 0 aromatic carbocycles. The zero-order valence-corrected chi connectivity index (χ0v) is 14.1. The van der Waals surface area contributed by atoms with Crippen LogP contribution in [0.4, 0.5) is 0 Å². The lowest BCUT2D eigenvalue weighted by molar-refractivity contribution is 0.177. The average Bonchev–Trinajstić information content (AvgIpc) is 3.35. The van der Waals surface area contributed by atoms with Crippen molar-refractivity contribution >= 4 is 0 Å². The molecular formula is C17H24N6O. The van der Waals surface area contributed by atoms with Gasteiger partial charge in [0.15, 0.2) is 5.82 Å². The maximum Gasteiger partial charge on any atom is 0.229 e. The number of piperidine rings is 1. The zero-order chi connectivity index (χ0) is 16.4. The van der Waals surface area contributed by atoms with Crippen LogP contribution in [0.5, 0.6) is 0 Å². The van der Waals surface area contributed by atoms with Gasteiger partial charge in [0.2, 0.25) is 5.89 Å². The predicted molar refractivity (Wildman–Crippen MR) is 88.2 cm³/mol. The molecule has 0 amide bonds. The molecule has 1 unspecified atom stereocenters. The van der Waals surface area contributed by atoms with Crippen LogP contribution in [0, 0.1) is 6.92 Å². The molecule has 0 spiro atoms. The van der Waals surface area contributed by atoms with Crippen LogP contribution in [0.25, 0.3) is 0 Å². The summed E-state index contributed by atoms with van der Waals surface area (Å²) in [5.41, 5.74) is 1.94. The minimum atomic E-state index is 0.469. The number of hydrogen-bond donors (Lipinski definition) is 1. The highest BCUT2D eigenvalue weighted by molar-refractivity contribution is 5.02. The predicted octanol–water partition coefficient (Wildman–Crippen LogP) is 1.80. The number of rotatable bonds is 6. The van der Waals surface area contributed by atoms with Gasteiger partial charge < -0.3 is 9.84 Å². The Balaban J connectivity index is 1.27. The van der Waals surface area contributed by atoms with E-state index in [0.717, 1.165) is 49.3 Å². The Kier molecular flexibility index (Phi) is 4.53. The second-order valence-corrected chi connectivity index (χ2v) is 6.93. The Hall–Kier alpha value is -1.86. The van der Waals surface area contributed by atoms with Crippen LogP contribution in [0.3, 0.4) is 0 Å². The van der Waals surface area contributed by atoms with Gasteiger partial charge in [-0.15, -0.1) is 0 Å². The molecule has 1 saturated carbocycles. The molecule has 7 heteroatoms. The minimum Gasteiger partial charge on any atom is -0.339 e. The first-order valence-corrected chi connectivity index (χ1v) is 8.82. The van der Waals surface area contributed by atoms with Crippen LogP contribution >= 0.6 is 0 Å². The van der Waals surface area contributed by atoms with Crippen molar-refractivity contribution < 1.29 is 4.52 Å². The Labute approximate surface area is 141 Å². The second kappa shape index (κ2) is 6.94. The molecule has 2 aliphatic rings. The van der Waals surface area contributed by atoms with E-state index in [4.69, 9.17) is 4.52 Å². The molecular weight excluding hydrogens is 304 g/mol. The van der Waals surface area contributed by atoms with Crippen molar-refractivity contribution in [3.63, 3.8) is 0 Å². The first-order chi connectivity index (χ1) is 11.8. The van der Waals surface area contributed by atoms with E-state index in [-0.39, 0.29) is 0 Å². The number of hydrogen-bond acceptors (Lipinski definition) is 7. The van der Waals surface area contributed by atoms with Gasteiger partial charge >= 0.3 is 0 Å². The quantitative estimate of drug-likeness (QED) is 0.866. The monoisotopic (exact) mass is 328 g/mol. The molecule has 24 heavy (non-hydrogen) atoms. The van der Waals surface area contributed by atoms with Gasteiger partial charge in [0.1, 0.15) is 0 Å². The Morgan fingerprint density at radius 1 is 1.25 bits per heavy atom. The third-order valence-electron chi connectivity index (χ3n) is 4.69. The summed E-state index contributed by atoms with van der Waals surface area (Å²) >= 11 is 0. The molecule has 4 rings (SSSR count). The molecule has 1 saturated heterocycles. The minimum absolute atomic E-state index is 0.469. The summed E-state index contributed by atoms with van der Waals surface area (Å²) in [5, 5.41) is 7.73. The summed E-state index contributed by atoms with van der Waals surface area (Å²) in [5.74, 6) is 2.18. The molecule has 1 N–H and O–H groups in total. The van der Waals surface area contributed by atoms with Crippen molar-refractivity contribution in [1.82, 2.24) is 30.3 Å². The molecule has 1 atom stereocenters. The van der Waals surface area contributed by atoms with Crippen LogP contribution in [-0.4, -0.2) is 44.1 Å². The van der Waals surface area contributed by atoms with E-state index in [1.165, 1.54) is 25.7 Å². The fraction of sp³-hybridized carbons (Fsp3) is 0.647. The normalized spacial score (nSPS) is 22.0. The highest BCUT2D eigenvalue weighted by atomic mass is 16.5. The van der Waals surface area contributed by atoms with Crippen LogP contribution in [0.1, 0.15) is 54.7 Å². The maximum atomic E-state index is 5.35. The van der Waals surface area contributed by atoms with Gasteiger partial charge in [0.05, 0.1) is 17.9 Å². The topological polar surface area (TPSA) is 80.0 Å². The fourth-order valence-electron chi connectivity index (χ4n) is 3.15. The van der Waals surface area contributed by atoms with Crippen molar-refractivity contribution in [2.75, 3.05) is 13.1 Å². The Bertz CT molecular complexity index is 666. The van der Waals surface area contributed by atoms with E-state index in [1.807, 2.05) is 19.3 Å². The number of aromatic nitrogens is 4. The molecule has 1 aliphatic heterocycles. The van der Waals surface area contributed by atoms with Crippen molar-refractivity contribution in [2.45, 2.75) is 57.7 Å². The van der Waals surface area contributed by atoms with Crippen LogP contribution in [0.2, 0.25) is 0 Å². The second-order valence-electron chi connectivity index (χ2n) is 6.93. The van der Waals surface area contributed by atoms with E-state index >= 15 is 0 Å². The van der Waals surface area contributed by atoms with E-state index in [1.54, 1.807) is 0 Å².